The topological polar surface area (TPSA) is 95.9 Å². The molecule has 0 heterocycles. The third-order valence-electron chi connectivity index (χ3n) is 3.62. The second-order valence-corrected chi connectivity index (χ2v) is 5.83. The molecule has 0 radical (unpaired) electrons. The van der Waals surface area contributed by atoms with Gasteiger partial charge in [-0.15, -0.1) is 0 Å². The van der Waals surface area contributed by atoms with E-state index in [1.54, 1.807) is 0 Å². The van der Waals surface area contributed by atoms with Crippen molar-refractivity contribution < 1.29 is 24.2 Å². The maximum absolute atomic E-state index is 11.6. The van der Waals surface area contributed by atoms with E-state index in [0.717, 1.165) is 25.7 Å². The van der Waals surface area contributed by atoms with Crippen molar-refractivity contribution in [3.63, 3.8) is 0 Å². The summed E-state index contributed by atoms with van der Waals surface area (Å²) in [6, 6.07) is -0.591. The van der Waals surface area contributed by atoms with Gasteiger partial charge in [0.1, 0.15) is 12.6 Å². The van der Waals surface area contributed by atoms with Crippen LogP contribution in [-0.2, 0) is 19.1 Å². The molecule has 0 aromatic heterocycles. The summed E-state index contributed by atoms with van der Waals surface area (Å²) >= 11 is 0. The molecule has 140 valence electrons. The number of amides is 1. The molecule has 0 spiro atoms. The van der Waals surface area contributed by atoms with Crippen LogP contribution in [0.5, 0.6) is 0 Å². The molecular formula is C17H32N2O5. The molecule has 0 aliphatic rings. The Balaban J connectivity index is 4.28. The van der Waals surface area contributed by atoms with Crippen molar-refractivity contribution in [3.8, 4) is 0 Å². The van der Waals surface area contributed by atoms with Crippen molar-refractivity contribution in [1.29, 1.82) is 0 Å². The molecular weight excluding hydrogens is 312 g/mol. The molecule has 0 aromatic rings. The number of unbranched alkanes of at least 4 members (excludes halogenated alkanes) is 1. The van der Waals surface area contributed by atoms with Crippen LogP contribution in [0.15, 0.2) is 0 Å². The van der Waals surface area contributed by atoms with Gasteiger partial charge in [-0.25, -0.2) is 0 Å². The average molecular weight is 344 g/mol. The van der Waals surface area contributed by atoms with Crippen LogP contribution in [0.25, 0.3) is 0 Å². The van der Waals surface area contributed by atoms with Crippen LogP contribution >= 0.6 is 0 Å². The smallest absolute Gasteiger partial charge is 0.320 e. The number of hydrogen-bond acceptors (Lipinski definition) is 5. The average Bonchev–Trinajstić information content (AvgIpc) is 2.49. The summed E-state index contributed by atoms with van der Waals surface area (Å²) in [6.45, 7) is 7.11. The van der Waals surface area contributed by atoms with Gasteiger partial charge in [0.15, 0.2) is 0 Å². The first-order valence-corrected chi connectivity index (χ1v) is 8.79. The molecule has 0 saturated carbocycles. The number of ether oxygens (including phenoxy) is 1. The van der Waals surface area contributed by atoms with Gasteiger partial charge in [0, 0.05) is 26.4 Å². The van der Waals surface area contributed by atoms with Crippen LogP contribution in [0.3, 0.4) is 0 Å². The molecule has 0 fully saturated rings. The third-order valence-corrected chi connectivity index (χ3v) is 3.62. The lowest BCUT2D eigenvalue weighted by Gasteiger charge is -2.28. The maximum atomic E-state index is 11.6. The molecule has 7 heteroatoms. The van der Waals surface area contributed by atoms with E-state index in [0.29, 0.717) is 32.5 Å². The third kappa shape index (κ3) is 11.0. The summed E-state index contributed by atoms with van der Waals surface area (Å²) in [7, 11) is 0. The Labute approximate surface area is 144 Å². The number of nitrogens with one attached hydrogen (secondary N) is 1. The van der Waals surface area contributed by atoms with E-state index in [-0.39, 0.29) is 18.5 Å². The van der Waals surface area contributed by atoms with Crippen molar-refractivity contribution >= 4 is 17.8 Å². The Morgan fingerprint density at radius 1 is 1.12 bits per heavy atom. The Hall–Kier alpha value is -1.63. The summed E-state index contributed by atoms with van der Waals surface area (Å²) < 4.78 is 4.92. The number of carbonyl (C=O) groups excluding carboxylic acids is 2. The number of esters is 1. The number of carbonyl (C=O) groups is 3. The van der Waals surface area contributed by atoms with E-state index in [2.05, 4.69) is 5.32 Å². The monoisotopic (exact) mass is 344 g/mol. The summed E-state index contributed by atoms with van der Waals surface area (Å²) in [4.78, 5) is 35.6. The van der Waals surface area contributed by atoms with Crippen LogP contribution in [0.1, 0.15) is 59.3 Å². The minimum Gasteiger partial charge on any atom is -0.480 e. The standard InChI is InChI=1S/C17H32N2O5/c1-4-8-16(21)18-10-7-6-9-15(17(22)23)19(11-5-2)12-13-24-14(3)20/h15H,4-13H2,1-3H3,(H,18,21)(H,22,23)/t15-/m1/s1. The molecule has 0 aromatic carbocycles. The van der Waals surface area contributed by atoms with Gasteiger partial charge in [-0.3, -0.25) is 19.3 Å². The molecule has 0 aliphatic heterocycles. The second-order valence-electron chi connectivity index (χ2n) is 5.83. The van der Waals surface area contributed by atoms with E-state index >= 15 is 0 Å². The summed E-state index contributed by atoms with van der Waals surface area (Å²) in [6.07, 6.45) is 4.16. The summed E-state index contributed by atoms with van der Waals surface area (Å²) in [5, 5.41) is 12.3. The van der Waals surface area contributed by atoms with Gasteiger partial charge in [0.25, 0.3) is 0 Å². The fraction of sp³-hybridized carbons (Fsp3) is 0.824. The Morgan fingerprint density at radius 3 is 2.38 bits per heavy atom. The number of hydrogen-bond donors (Lipinski definition) is 2. The summed E-state index contributed by atoms with van der Waals surface area (Å²) in [5.74, 6) is -1.18. The highest BCUT2D eigenvalue weighted by Crippen LogP contribution is 2.10. The van der Waals surface area contributed by atoms with Gasteiger partial charge in [0.05, 0.1) is 0 Å². The first kappa shape index (κ1) is 22.4. The Kier molecular flexibility index (Phi) is 12.8. The second kappa shape index (κ2) is 13.8. The number of nitrogens with zero attached hydrogens (tertiary/aromatic N) is 1. The van der Waals surface area contributed by atoms with Crippen LogP contribution in [-0.4, -0.2) is 60.1 Å². The lowest BCUT2D eigenvalue weighted by Crippen LogP contribution is -2.43. The highest BCUT2D eigenvalue weighted by Gasteiger charge is 2.24. The highest BCUT2D eigenvalue weighted by atomic mass is 16.5. The van der Waals surface area contributed by atoms with Gasteiger partial charge < -0.3 is 15.2 Å². The zero-order valence-electron chi connectivity index (χ0n) is 15.2. The molecule has 24 heavy (non-hydrogen) atoms. The zero-order chi connectivity index (χ0) is 18.4. The van der Waals surface area contributed by atoms with Crippen LogP contribution < -0.4 is 5.32 Å². The highest BCUT2D eigenvalue weighted by molar-refractivity contribution is 5.75. The zero-order valence-corrected chi connectivity index (χ0v) is 15.2. The SMILES string of the molecule is CCCC(=O)NCCCC[C@H](C(=O)O)N(CCC)CCOC(C)=O. The molecule has 2 N–H and O–H groups in total. The fourth-order valence-electron chi connectivity index (χ4n) is 2.49. The lowest BCUT2D eigenvalue weighted by molar-refractivity contribution is -0.145. The quantitative estimate of drug-likeness (QED) is 0.368. The van der Waals surface area contributed by atoms with Crippen LogP contribution in [0.2, 0.25) is 0 Å². The van der Waals surface area contributed by atoms with E-state index in [9.17, 15) is 19.5 Å². The van der Waals surface area contributed by atoms with Crippen molar-refractivity contribution in [3.05, 3.63) is 0 Å². The fourth-order valence-corrected chi connectivity index (χ4v) is 2.49. The molecule has 0 saturated heterocycles. The molecule has 0 unspecified atom stereocenters. The van der Waals surface area contributed by atoms with Gasteiger partial charge in [-0.1, -0.05) is 13.8 Å². The number of aliphatic carboxylic acids is 1. The Morgan fingerprint density at radius 2 is 1.83 bits per heavy atom. The number of carboxylic acid groups (broad SMARTS) is 1. The van der Waals surface area contributed by atoms with Crippen molar-refractivity contribution in [2.45, 2.75) is 65.3 Å². The van der Waals surface area contributed by atoms with Crippen molar-refractivity contribution in [1.82, 2.24) is 10.2 Å². The van der Waals surface area contributed by atoms with Gasteiger partial charge >= 0.3 is 11.9 Å². The van der Waals surface area contributed by atoms with E-state index in [1.165, 1.54) is 6.92 Å². The predicted molar refractivity (Wildman–Crippen MR) is 91.7 cm³/mol. The minimum absolute atomic E-state index is 0.0428. The van der Waals surface area contributed by atoms with Gasteiger partial charge in [-0.05, 0) is 38.6 Å². The number of carboxylic acids is 1. The molecule has 0 aliphatic carbocycles. The van der Waals surface area contributed by atoms with Crippen molar-refractivity contribution in [2.75, 3.05) is 26.2 Å². The van der Waals surface area contributed by atoms with Gasteiger partial charge in [-0.2, -0.15) is 0 Å². The lowest BCUT2D eigenvalue weighted by atomic mass is 10.1. The van der Waals surface area contributed by atoms with Crippen LogP contribution in [0, 0.1) is 0 Å². The first-order chi connectivity index (χ1) is 11.4. The van der Waals surface area contributed by atoms with E-state index in [4.69, 9.17) is 4.74 Å². The largest absolute Gasteiger partial charge is 0.480 e. The molecule has 7 nitrogen and oxygen atoms in total. The molecule has 1 amide bonds. The van der Waals surface area contributed by atoms with Gasteiger partial charge in [0.2, 0.25) is 5.91 Å². The van der Waals surface area contributed by atoms with Crippen LogP contribution in [0.4, 0.5) is 0 Å². The minimum atomic E-state index is -0.860. The predicted octanol–water partition coefficient (Wildman–Crippen LogP) is 1.80. The first-order valence-electron chi connectivity index (χ1n) is 8.79. The normalized spacial score (nSPS) is 12.0. The Bertz CT molecular complexity index is 387. The van der Waals surface area contributed by atoms with Crippen molar-refractivity contribution in [2.24, 2.45) is 0 Å². The molecule has 0 bridgehead atoms. The molecule has 0 rings (SSSR count). The number of rotatable bonds is 14. The van der Waals surface area contributed by atoms with E-state index < -0.39 is 12.0 Å². The van der Waals surface area contributed by atoms with E-state index in [1.807, 2.05) is 18.7 Å². The summed E-state index contributed by atoms with van der Waals surface area (Å²) in [5.41, 5.74) is 0. The molecule has 1 atom stereocenters. The maximum Gasteiger partial charge on any atom is 0.320 e.